The number of pyridine rings is 1. The number of rotatable bonds is 9. The van der Waals surface area contributed by atoms with Crippen LogP contribution in [0.15, 0.2) is 85.1 Å². The highest BCUT2D eigenvalue weighted by molar-refractivity contribution is 5.84. The van der Waals surface area contributed by atoms with E-state index in [2.05, 4.69) is 9.88 Å². The molecule has 7 heteroatoms. The van der Waals surface area contributed by atoms with Gasteiger partial charge in [-0.15, -0.1) is 0 Å². The minimum Gasteiger partial charge on any atom is -0.490 e. The number of aliphatic hydroxyl groups excluding tert-OH is 1. The Morgan fingerprint density at radius 3 is 2.16 bits per heavy atom. The number of benzene rings is 3. The van der Waals surface area contributed by atoms with E-state index in [0.717, 1.165) is 48.0 Å². The standard InChI is InChI=1S/C30H30F2N2O3/c31-23-10-6-21(7-11-23)30(22-8-12-24(32)13-9-22)37-26-14-17-34(18-15-26)19-25(35)20-36-29-5-1-4-28-27(29)3-2-16-33-28/h1-13,16,25-26,30,35H,14-15,17-20H2. The molecule has 5 nitrogen and oxygen atoms in total. The van der Waals surface area contributed by atoms with Crippen LogP contribution in [0.3, 0.4) is 0 Å². The molecule has 3 aromatic carbocycles. The van der Waals surface area contributed by atoms with E-state index in [1.807, 2.05) is 30.3 Å². The van der Waals surface area contributed by atoms with Crippen LogP contribution >= 0.6 is 0 Å². The number of aliphatic hydroxyl groups is 1. The van der Waals surface area contributed by atoms with Crippen LogP contribution in [-0.4, -0.2) is 53.4 Å². The quantitative estimate of drug-likeness (QED) is 0.325. The normalized spacial score (nSPS) is 15.8. The zero-order valence-corrected chi connectivity index (χ0v) is 20.5. The Morgan fingerprint density at radius 1 is 0.865 bits per heavy atom. The number of nitrogens with zero attached hydrogens (tertiary/aromatic N) is 2. The number of halogens is 2. The first kappa shape index (κ1) is 25.3. The molecule has 0 aliphatic carbocycles. The Bertz CT molecular complexity index is 1240. The Kier molecular flexibility index (Phi) is 8.04. The van der Waals surface area contributed by atoms with Gasteiger partial charge in [0.2, 0.25) is 0 Å². The minimum atomic E-state index is -0.629. The fraction of sp³-hybridized carbons (Fsp3) is 0.300. The maximum Gasteiger partial charge on any atom is 0.128 e. The SMILES string of the molecule is OC(COc1cccc2ncccc12)CN1CCC(OC(c2ccc(F)cc2)c2ccc(F)cc2)CC1. The summed E-state index contributed by atoms with van der Waals surface area (Å²) in [6.07, 6.45) is 2.29. The third-order valence-electron chi connectivity index (χ3n) is 6.71. The van der Waals surface area contributed by atoms with E-state index in [1.54, 1.807) is 30.5 Å². The van der Waals surface area contributed by atoms with Gasteiger partial charge in [0, 0.05) is 31.2 Å². The number of likely N-dealkylation sites (tertiary alicyclic amines) is 1. The topological polar surface area (TPSA) is 54.8 Å². The van der Waals surface area contributed by atoms with Gasteiger partial charge < -0.3 is 19.5 Å². The van der Waals surface area contributed by atoms with Gasteiger partial charge in [0.05, 0.1) is 11.6 Å². The Labute approximate surface area is 215 Å². The third-order valence-corrected chi connectivity index (χ3v) is 6.71. The van der Waals surface area contributed by atoms with Crippen LogP contribution in [0.2, 0.25) is 0 Å². The number of fused-ring (bicyclic) bond motifs is 1. The lowest BCUT2D eigenvalue weighted by atomic mass is 10.00. The van der Waals surface area contributed by atoms with E-state index in [9.17, 15) is 13.9 Å². The van der Waals surface area contributed by atoms with Gasteiger partial charge in [0.1, 0.15) is 36.2 Å². The van der Waals surface area contributed by atoms with Crippen molar-refractivity contribution in [1.29, 1.82) is 0 Å². The summed E-state index contributed by atoms with van der Waals surface area (Å²) < 4.78 is 39.4. The molecular weight excluding hydrogens is 474 g/mol. The molecule has 0 radical (unpaired) electrons. The van der Waals surface area contributed by atoms with Crippen molar-refractivity contribution in [1.82, 2.24) is 9.88 Å². The summed E-state index contributed by atoms with van der Waals surface area (Å²) in [5.74, 6) is 0.0912. The molecule has 1 saturated heterocycles. The number of ether oxygens (including phenoxy) is 2. The summed E-state index contributed by atoms with van der Waals surface area (Å²) in [6.45, 7) is 2.26. The van der Waals surface area contributed by atoms with Crippen LogP contribution < -0.4 is 4.74 Å². The third kappa shape index (κ3) is 6.49. The van der Waals surface area contributed by atoms with Crippen molar-refractivity contribution < 1.29 is 23.4 Å². The second kappa shape index (κ2) is 11.8. The van der Waals surface area contributed by atoms with Crippen molar-refractivity contribution in [3.05, 3.63) is 108 Å². The molecule has 0 saturated carbocycles. The van der Waals surface area contributed by atoms with Crippen molar-refractivity contribution >= 4 is 10.9 Å². The number of β-amino-alcohol motifs (C(OH)–C–C–N with tert-alkyl or cyclic N) is 1. The molecule has 1 aliphatic rings. The van der Waals surface area contributed by atoms with Gasteiger partial charge in [0.25, 0.3) is 0 Å². The van der Waals surface area contributed by atoms with Gasteiger partial charge in [-0.05, 0) is 72.5 Å². The largest absolute Gasteiger partial charge is 0.490 e. The molecule has 1 aliphatic heterocycles. The van der Waals surface area contributed by atoms with Gasteiger partial charge in [-0.3, -0.25) is 4.98 Å². The van der Waals surface area contributed by atoms with E-state index in [4.69, 9.17) is 9.47 Å². The Balaban J connectivity index is 1.15. The summed E-state index contributed by atoms with van der Waals surface area (Å²) in [7, 11) is 0. The van der Waals surface area contributed by atoms with Crippen molar-refractivity contribution in [3.8, 4) is 5.75 Å². The highest BCUT2D eigenvalue weighted by atomic mass is 19.1. The van der Waals surface area contributed by atoms with Gasteiger partial charge in [-0.1, -0.05) is 30.3 Å². The molecule has 0 bridgehead atoms. The van der Waals surface area contributed by atoms with E-state index in [1.165, 1.54) is 24.3 Å². The zero-order valence-electron chi connectivity index (χ0n) is 20.5. The van der Waals surface area contributed by atoms with Crippen LogP contribution in [0.1, 0.15) is 30.1 Å². The number of hydrogen-bond donors (Lipinski definition) is 1. The summed E-state index contributed by atoms with van der Waals surface area (Å²) in [5.41, 5.74) is 2.51. The second-order valence-electron chi connectivity index (χ2n) is 9.41. The van der Waals surface area contributed by atoms with Gasteiger partial charge in [0.15, 0.2) is 0 Å². The molecular formula is C30H30F2N2O3. The van der Waals surface area contributed by atoms with E-state index in [0.29, 0.717) is 12.3 Å². The average Bonchev–Trinajstić information content (AvgIpc) is 2.93. The van der Waals surface area contributed by atoms with Crippen LogP contribution in [0, 0.1) is 11.6 Å². The Hall–Kier alpha value is -3.39. The molecule has 1 unspecified atom stereocenters. The second-order valence-corrected chi connectivity index (χ2v) is 9.41. The molecule has 4 aromatic rings. The molecule has 0 amide bonds. The zero-order chi connectivity index (χ0) is 25.6. The molecule has 1 atom stereocenters. The maximum atomic E-state index is 13.5. The molecule has 1 N–H and O–H groups in total. The molecule has 1 fully saturated rings. The van der Waals surface area contributed by atoms with Crippen LogP contribution in [0.5, 0.6) is 5.75 Å². The van der Waals surface area contributed by atoms with Crippen molar-refractivity contribution in [3.63, 3.8) is 0 Å². The predicted octanol–water partition coefficient (Wildman–Crippen LogP) is 5.52. The first-order valence-electron chi connectivity index (χ1n) is 12.6. The van der Waals surface area contributed by atoms with Crippen LogP contribution in [-0.2, 0) is 4.74 Å². The number of hydrogen-bond acceptors (Lipinski definition) is 5. The van der Waals surface area contributed by atoms with Gasteiger partial charge in [-0.2, -0.15) is 0 Å². The van der Waals surface area contributed by atoms with E-state index >= 15 is 0 Å². The summed E-state index contributed by atoms with van der Waals surface area (Å²) in [6, 6.07) is 22.0. The highest BCUT2D eigenvalue weighted by Crippen LogP contribution is 2.31. The number of piperidine rings is 1. The van der Waals surface area contributed by atoms with Crippen molar-refractivity contribution in [2.24, 2.45) is 0 Å². The Morgan fingerprint density at radius 2 is 1.51 bits per heavy atom. The van der Waals surface area contributed by atoms with Crippen molar-refractivity contribution in [2.75, 3.05) is 26.2 Å². The maximum absolute atomic E-state index is 13.5. The smallest absolute Gasteiger partial charge is 0.128 e. The summed E-state index contributed by atoms with van der Waals surface area (Å²) in [5, 5.41) is 11.5. The van der Waals surface area contributed by atoms with Crippen LogP contribution in [0.25, 0.3) is 10.9 Å². The lowest BCUT2D eigenvalue weighted by molar-refractivity contribution is -0.0346. The first-order valence-corrected chi connectivity index (χ1v) is 12.6. The van der Waals surface area contributed by atoms with Gasteiger partial charge >= 0.3 is 0 Å². The molecule has 37 heavy (non-hydrogen) atoms. The van der Waals surface area contributed by atoms with Crippen molar-refractivity contribution in [2.45, 2.75) is 31.2 Å². The highest BCUT2D eigenvalue weighted by Gasteiger charge is 2.26. The fourth-order valence-electron chi connectivity index (χ4n) is 4.78. The van der Waals surface area contributed by atoms with E-state index in [-0.39, 0.29) is 24.3 Å². The van der Waals surface area contributed by atoms with Gasteiger partial charge in [-0.25, -0.2) is 8.78 Å². The molecule has 1 aromatic heterocycles. The monoisotopic (exact) mass is 504 g/mol. The molecule has 5 rings (SSSR count). The van der Waals surface area contributed by atoms with E-state index < -0.39 is 12.2 Å². The summed E-state index contributed by atoms with van der Waals surface area (Å²) >= 11 is 0. The molecule has 0 spiro atoms. The fourth-order valence-corrected chi connectivity index (χ4v) is 4.78. The number of aromatic nitrogens is 1. The first-order chi connectivity index (χ1) is 18.0. The van der Waals surface area contributed by atoms with Crippen LogP contribution in [0.4, 0.5) is 8.78 Å². The molecule has 2 heterocycles. The summed E-state index contributed by atoms with van der Waals surface area (Å²) in [4.78, 5) is 6.55. The molecule has 192 valence electrons. The average molecular weight is 505 g/mol. The lowest BCUT2D eigenvalue weighted by Crippen LogP contribution is -2.42. The minimum absolute atomic E-state index is 0.00654. The lowest BCUT2D eigenvalue weighted by Gasteiger charge is -2.35. The predicted molar refractivity (Wildman–Crippen MR) is 138 cm³/mol.